The average Bonchev–Trinajstić information content (AvgIpc) is 2.68. The molecule has 2 aromatic carbocycles. The summed E-state index contributed by atoms with van der Waals surface area (Å²) in [6, 6.07) is 10.0. The van der Waals surface area contributed by atoms with Gasteiger partial charge in [0.15, 0.2) is 0 Å². The molecule has 0 spiro atoms. The number of hydrogen-bond acceptors (Lipinski definition) is 0. The number of hydrogen-bond donors (Lipinski definition) is 0. The first kappa shape index (κ1) is 33.6. The van der Waals surface area contributed by atoms with E-state index in [-0.39, 0.29) is 32.5 Å². The van der Waals surface area contributed by atoms with E-state index in [9.17, 15) is 0 Å². The van der Waals surface area contributed by atoms with Crippen LogP contribution >= 0.6 is 0 Å². The molecule has 0 aliphatic heterocycles. The molecule has 0 heterocycles. The topological polar surface area (TPSA) is 0 Å². The van der Waals surface area contributed by atoms with E-state index < -0.39 is 0 Å². The molecule has 0 N–H and O–H groups in total. The van der Waals surface area contributed by atoms with Crippen LogP contribution in [0.3, 0.4) is 0 Å². The second-order valence-corrected chi connectivity index (χ2v) is 18.5. The van der Waals surface area contributed by atoms with Crippen molar-refractivity contribution in [3.63, 3.8) is 0 Å². The molecule has 0 aliphatic rings. The Morgan fingerprint density at radius 3 is 1.13 bits per heavy atom. The summed E-state index contributed by atoms with van der Waals surface area (Å²) in [5.41, 5.74) is 12.9. The van der Waals surface area contributed by atoms with Crippen LogP contribution in [-0.2, 0) is 45.3 Å². The summed E-state index contributed by atoms with van der Waals surface area (Å²) in [5.74, 6) is 0. The van der Waals surface area contributed by atoms with Crippen LogP contribution < -0.4 is 0 Å². The summed E-state index contributed by atoms with van der Waals surface area (Å²) in [6.07, 6.45) is 3.41. The van der Waals surface area contributed by atoms with Crippen LogP contribution in [0.25, 0.3) is 0 Å². The van der Waals surface area contributed by atoms with Gasteiger partial charge in [0.1, 0.15) is 0 Å². The minimum atomic E-state index is 0.0742. The zero-order valence-electron chi connectivity index (χ0n) is 29.4. The molecule has 0 heteroatoms. The van der Waals surface area contributed by atoms with E-state index in [2.05, 4.69) is 149 Å². The molecular formula is C39H64. The fourth-order valence-corrected chi connectivity index (χ4v) is 6.02. The molecule has 0 aliphatic carbocycles. The fourth-order valence-electron chi connectivity index (χ4n) is 6.02. The van der Waals surface area contributed by atoms with Crippen LogP contribution in [-0.4, -0.2) is 0 Å². The van der Waals surface area contributed by atoms with Gasteiger partial charge >= 0.3 is 0 Å². The summed E-state index contributed by atoms with van der Waals surface area (Å²) in [7, 11) is 0. The molecule has 0 nitrogen and oxygen atoms in total. The monoisotopic (exact) mass is 533 g/mol. The minimum Gasteiger partial charge on any atom is -0.0561 e. The van der Waals surface area contributed by atoms with Crippen molar-refractivity contribution in [2.24, 2.45) is 0 Å². The second kappa shape index (κ2) is 10.7. The Morgan fingerprint density at radius 2 is 0.795 bits per heavy atom. The van der Waals surface area contributed by atoms with E-state index in [0.717, 1.165) is 12.8 Å². The standard InChI is InChI=1S/C39H64/c1-34(2,3)27-22-26(23-28(24-27)35(4,5)6)20-19-21-29-30(36(7,8)9)25-31(37(10,11)12)33(39(16,17)18)32(29)38(13,14)15/h22-25H,19-21H2,1-18H3. The highest BCUT2D eigenvalue weighted by molar-refractivity contribution is 5.56. The van der Waals surface area contributed by atoms with Gasteiger partial charge in [-0.05, 0) is 96.3 Å². The molecule has 39 heavy (non-hydrogen) atoms. The van der Waals surface area contributed by atoms with Gasteiger partial charge in [0.25, 0.3) is 0 Å². The molecule has 0 bridgehead atoms. The zero-order valence-corrected chi connectivity index (χ0v) is 29.4. The Morgan fingerprint density at radius 1 is 0.385 bits per heavy atom. The molecule has 2 aromatic rings. The normalized spacial score (nSPS) is 14.2. The average molecular weight is 533 g/mol. The highest BCUT2D eigenvalue weighted by Crippen LogP contribution is 2.46. The molecule has 0 saturated carbocycles. The van der Waals surface area contributed by atoms with E-state index in [0.29, 0.717) is 0 Å². The maximum Gasteiger partial charge on any atom is -0.0126 e. The van der Waals surface area contributed by atoms with Crippen molar-refractivity contribution >= 4 is 0 Å². The van der Waals surface area contributed by atoms with Gasteiger partial charge in [0.05, 0.1) is 0 Å². The van der Waals surface area contributed by atoms with Crippen LogP contribution in [0.15, 0.2) is 24.3 Å². The quantitative estimate of drug-likeness (QED) is 0.367. The SMILES string of the molecule is CC(C)(C)c1cc(CCCc2c(C(C)(C)C)cc(C(C)(C)C)c(C(C)(C)C)c2C(C)(C)C)cc(C(C)(C)C)c1. The third kappa shape index (κ3) is 8.24. The summed E-state index contributed by atoms with van der Waals surface area (Å²) >= 11 is 0. The third-order valence-electron chi connectivity index (χ3n) is 8.17. The van der Waals surface area contributed by atoms with Gasteiger partial charge in [-0.3, -0.25) is 0 Å². The van der Waals surface area contributed by atoms with Gasteiger partial charge in [-0.15, -0.1) is 0 Å². The van der Waals surface area contributed by atoms with Crippen LogP contribution in [0.1, 0.15) is 176 Å². The molecule has 0 unspecified atom stereocenters. The van der Waals surface area contributed by atoms with Gasteiger partial charge in [-0.2, -0.15) is 0 Å². The highest BCUT2D eigenvalue weighted by Gasteiger charge is 2.36. The van der Waals surface area contributed by atoms with Crippen LogP contribution in [0.4, 0.5) is 0 Å². The van der Waals surface area contributed by atoms with Gasteiger partial charge < -0.3 is 0 Å². The van der Waals surface area contributed by atoms with E-state index >= 15 is 0 Å². The van der Waals surface area contributed by atoms with Crippen LogP contribution in [0, 0.1) is 0 Å². The van der Waals surface area contributed by atoms with E-state index in [1.807, 2.05) is 0 Å². The van der Waals surface area contributed by atoms with Crippen LogP contribution in [0.5, 0.6) is 0 Å². The molecule has 220 valence electrons. The molecule has 0 amide bonds. The Kier molecular flexibility index (Phi) is 9.22. The molecule has 0 saturated heterocycles. The third-order valence-corrected chi connectivity index (χ3v) is 8.17. The maximum absolute atomic E-state index is 2.60. The largest absolute Gasteiger partial charge is 0.0561 e. The Bertz CT molecular complexity index is 1110. The van der Waals surface area contributed by atoms with Gasteiger partial charge in [-0.1, -0.05) is 149 Å². The molecule has 0 atom stereocenters. The molecule has 0 fully saturated rings. The Balaban J connectivity index is 2.75. The summed E-state index contributed by atoms with van der Waals surface area (Å²) in [4.78, 5) is 0. The Hall–Kier alpha value is -1.56. The smallest absolute Gasteiger partial charge is 0.0126 e. The van der Waals surface area contributed by atoms with Crippen molar-refractivity contribution < 1.29 is 0 Å². The highest BCUT2D eigenvalue weighted by atomic mass is 14.4. The van der Waals surface area contributed by atoms with Crippen molar-refractivity contribution in [3.05, 3.63) is 68.8 Å². The lowest BCUT2D eigenvalue weighted by atomic mass is 9.64. The number of benzene rings is 2. The number of rotatable bonds is 4. The predicted molar refractivity (Wildman–Crippen MR) is 177 cm³/mol. The van der Waals surface area contributed by atoms with Crippen molar-refractivity contribution in [2.45, 2.75) is 176 Å². The van der Waals surface area contributed by atoms with Gasteiger partial charge in [0, 0.05) is 0 Å². The van der Waals surface area contributed by atoms with Crippen molar-refractivity contribution in [1.29, 1.82) is 0 Å². The van der Waals surface area contributed by atoms with Crippen molar-refractivity contribution in [3.8, 4) is 0 Å². The first-order valence-electron chi connectivity index (χ1n) is 15.5. The molecular weight excluding hydrogens is 468 g/mol. The van der Waals surface area contributed by atoms with Gasteiger partial charge in [0.2, 0.25) is 0 Å². The molecule has 0 radical (unpaired) electrons. The zero-order chi connectivity index (χ0) is 30.6. The lowest BCUT2D eigenvalue weighted by Gasteiger charge is -2.41. The van der Waals surface area contributed by atoms with Gasteiger partial charge in [-0.25, -0.2) is 0 Å². The first-order valence-corrected chi connectivity index (χ1v) is 15.5. The summed E-state index contributed by atoms with van der Waals surface area (Å²) in [5, 5.41) is 0. The lowest BCUT2D eigenvalue weighted by molar-refractivity contribution is 0.483. The predicted octanol–water partition coefficient (Wildman–Crippen LogP) is 11.6. The van der Waals surface area contributed by atoms with Crippen molar-refractivity contribution in [1.82, 2.24) is 0 Å². The summed E-state index contributed by atoms with van der Waals surface area (Å²) < 4.78 is 0. The van der Waals surface area contributed by atoms with E-state index in [1.165, 1.54) is 28.7 Å². The van der Waals surface area contributed by atoms with Crippen molar-refractivity contribution in [2.75, 3.05) is 0 Å². The Labute approximate surface area is 244 Å². The number of aryl methyl sites for hydroxylation is 1. The van der Waals surface area contributed by atoms with Crippen LogP contribution in [0.2, 0.25) is 0 Å². The van der Waals surface area contributed by atoms with E-state index in [4.69, 9.17) is 0 Å². The maximum atomic E-state index is 2.60. The molecule has 0 aromatic heterocycles. The molecule has 2 rings (SSSR count). The second-order valence-electron chi connectivity index (χ2n) is 18.5. The first-order chi connectivity index (χ1) is 17.1. The minimum absolute atomic E-state index is 0.0742. The fraction of sp³-hybridized carbons (Fsp3) is 0.692. The van der Waals surface area contributed by atoms with E-state index in [1.54, 1.807) is 22.3 Å². The lowest BCUT2D eigenvalue weighted by Crippen LogP contribution is -2.32. The summed E-state index contributed by atoms with van der Waals surface area (Å²) in [6.45, 7) is 43.0.